The summed E-state index contributed by atoms with van der Waals surface area (Å²) in [7, 11) is 0. The summed E-state index contributed by atoms with van der Waals surface area (Å²) in [5, 5.41) is 12.3. The van der Waals surface area contributed by atoms with E-state index in [1.54, 1.807) is 6.07 Å². The first-order chi connectivity index (χ1) is 9.64. The van der Waals surface area contributed by atoms with Crippen LogP contribution in [0.4, 0.5) is 4.39 Å². The van der Waals surface area contributed by atoms with E-state index in [1.807, 2.05) is 19.9 Å². The Hall–Kier alpha value is -1.60. The van der Waals surface area contributed by atoms with Gasteiger partial charge in [0, 0.05) is 17.6 Å². The molecule has 0 saturated heterocycles. The maximum Gasteiger partial charge on any atom is 0.165 e. The molecular formula is C17H25FN2O. The Labute approximate surface area is 127 Å². The maximum atomic E-state index is 14.0. The Kier molecular flexibility index (Phi) is 5.74. The zero-order chi connectivity index (χ0) is 16.1. The van der Waals surface area contributed by atoms with E-state index in [0.29, 0.717) is 19.6 Å². The predicted molar refractivity (Wildman–Crippen MR) is 82.5 cm³/mol. The molecule has 0 heterocycles. The van der Waals surface area contributed by atoms with E-state index in [-0.39, 0.29) is 17.1 Å². The van der Waals surface area contributed by atoms with Crippen LogP contribution in [0.25, 0.3) is 0 Å². The number of para-hydroxylation sites is 1. The number of nitriles is 1. The number of hydrogen-bond acceptors (Lipinski definition) is 3. The van der Waals surface area contributed by atoms with Gasteiger partial charge in [-0.2, -0.15) is 5.26 Å². The largest absolute Gasteiger partial charge is 0.490 e. The molecular weight excluding hydrogens is 267 g/mol. The summed E-state index contributed by atoms with van der Waals surface area (Å²) in [6.45, 7) is 10.7. The number of rotatable bonds is 6. The fourth-order valence-electron chi connectivity index (χ4n) is 1.68. The first-order valence-electron chi connectivity index (χ1n) is 7.21. The Morgan fingerprint density at radius 3 is 2.48 bits per heavy atom. The van der Waals surface area contributed by atoms with Crippen LogP contribution in [0.15, 0.2) is 18.2 Å². The molecule has 116 valence electrons. The van der Waals surface area contributed by atoms with Crippen molar-refractivity contribution in [3.8, 4) is 11.8 Å². The molecule has 0 spiro atoms. The van der Waals surface area contributed by atoms with Gasteiger partial charge in [-0.1, -0.05) is 12.1 Å². The molecule has 0 aliphatic heterocycles. The van der Waals surface area contributed by atoms with Gasteiger partial charge < -0.3 is 10.1 Å². The van der Waals surface area contributed by atoms with Gasteiger partial charge >= 0.3 is 0 Å². The Morgan fingerprint density at radius 1 is 1.24 bits per heavy atom. The van der Waals surface area contributed by atoms with Crippen molar-refractivity contribution in [3.63, 3.8) is 0 Å². The summed E-state index contributed by atoms with van der Waals surface area (Å²) in [6, 6.07) is 7.15. The van der Waals surface area contributed by atoms with Crippen LogP contribution in [0.1, 0.15) is 46.6 Å². The van der Waals surface area contributed by atoms with E-state index in [4.69, 9.17) is 10.00 Å². The molecule has 0 radical (unpaired) electrons. The second-order valence-corrected chi connectivity index (χ2v) is 6.93. The summed E-state index contributed by atoms with van der Waals surface area (Å²) < 4.78 is 19.6. The molecule has 0 aliphatic rings. The molecule has 0 atom stereocenters. The number of nitrogens with zero attached hydrogens (tertiary/aromatic N) is 1. The number of ether oxygens (including phenoxy) is 1. The van der Waals surface area contributed by atoms with E-state index >= 15 is 0 Å². The number of hydrogen-bond donors (Lipinski definition) is 1. The zero-order valence-electron chi connectivity index (χ0n) is 13.6. The van der Waals surface area contributed by atoms with Gasteiger partial charge in [-0.3, -0.25) is 0 Å². The lowest BCUT2D eigenvalue weighted by atomic mass is 9.92. The van der Waals surface area contributed by atoms with Gasteiger partial charge in [0.1, 0.15) is 0 Å². The third kappa shape index (κ3) is 6.14. The highest BCUT2D eigenvalue weighted by molar-refractivity contribution is 5.35. The minimum atomic E-state index is -0.463. The summed E-state index contributed by atoms with van der Waals surface area (Å²) in [6.07, 6.45) is 0.559. The summed E-state index contributed by atoms with van der Waals surface area (Å²) >= 11 is 0. The monoisotopic (exact) mass is 292 g/mol. The molecule has 0 saturated carbocycles. The quantitative estimate of drug-likeness (QED) is 0.861. The van der Waals surface area contributed by atoms with Crippen molar-refractivity contribution >= 4 is 0 Å². The smallest absolute Gasteiger partial charge is 0.165 e. The van der Waals surface area contributed by atoms with Crippen LogP contribution in [-0.2, 0) is 6.54 Å². The highest BCUT2D eigenvalue weighted by atomic mass is 19.1. The molecule has 0 unspecified atom stereocenters. The molecule has 1 aromatic carbocycles. The molecule has 1 aromatic rings. The topological polar surface area (TPSA) is 45.0 Å². The molecule has 0 aliphatic carbocycles. The van der Waals surface area contributed by atoms with Gasteiger partial charge in [0.05, 0.1) is 18.1 Å². The first-order valence-corrected chi connectivity index (χ1v) is 7.21. The molecule has 0 bridgehead atoms. The van der Waals surface area contributed by atoms with E-state index in [2.05, 4.69) is 32.2 Å². The summed E-state index contributed by atoms with van der Waals surface area (Å²) in [5.41, 5.74) is 0.279. The van der Waals surface area contributed by atoms with Crippen LogP contribution in [0.3, 0.4) is 0 Å². The normalized spacial score (nSPS) is 12.0. The van der Waals surface area contributed by atoms with E-state index in [9.17, 15) is 4.39 Å². The first kappa shape index (κ1) is 17.5. The van der Waals surface area contributed by atoms with Crippen molar-refractivity contribution in [1.82, 2.24) is 5.32 Å². The van der Waals surface area contributed by atoms with Gasteiger partial charge in [0.15, 0.2) is 11.6 Å². The van der Waals surface area contributed by atoms with Gasteiger partial charge in [-0.05, 0) is 47.1 Å². The van der Waals surface area contributed by atoms with Crippen molar-refractivity contribution < 1.29 is 9.13 Å². The molecule has 3 nitrogen and oxygen atoms in total. The fourth-order valence-corrected chi connectivity index (χ4v) is 1.68. The van der Waals surface area contributed by atoms with Crippen LogP contribution in [-0.4, -0.2) is 12.1 Å². The van der Waals surface area contributed by atoms with Crippen molar-refractivity contribution in [2.75, 3.05) is 6.61 Å². The number of benzene rings is 1. The Bertz CT molecular complexity index is 513. The lowest BCUT2D eigenvalue weighted by Gasteiger charge is -2.22. The number of nitrogens with one attached hydrogen (secondary N) is 1. The molecule has 1 N–H and O–H groups in total. The molecule has 1 rings (SSSR count). The zero-order valence-corrected chi connectivity index (χ0v) is 13.6. The average Bonchev–Trinajstić information content (AvgIpc) is 2.38. The third-order valence-corrected chi connectivity index (χ3v) is 3.13. The molecule has 0 amide bonds. The third-order valence-electron chi connectivity index (χ3n) is 3.13. The summed E-state index contributed by atoms with van der Waals surface area (Å²) in [4.78, 5) is 0. The predicted octanol–water partition coefficient (Wildman–Crippen LogP) is 4.03. The van der Waals surface area contributed by atoms with Crippen molar-refractivity contribution in [1.29, 1.82) is 5.26 Å². The van der Waals surface area contributed by atoms with Crippen LogP contribution < -0.4 is 10.1 Å². The summed E-state index contributed by atoms with van der Waals surface area (Å²) in [5.74, 6) is -0.0824. The van der Waals surface area contributed by atoms with Gasteiger partial charge in [-0.25, -0.2) is 4.39 Å². The molecule has 4 heteroatoms. The molecule has 0 aromatic heterocycles. The fraction of sp³-hybridized carbons (Fsp3) is 0.588. The van der Waals surface area contributed by atoms with Crippen molar-refractivity contribution in [2.45, 2.75) is 53.1 Å². The standard InChI is InChI=1S/C17H25FN2O/c1-16(2,3)20-11-13-7-6-8-14(18)15(13)21-10-9-17(4,5)12-19/h6-8,20H,9-11H2,1-5H3. The Balaban J connectivity index is 2.75. The average molecular weight is 292 g/mol. The van der Waals surface area contributed by atoms with E-state index < -0.39 is 5.41 Å². The van der Waals surface area contributed by atoms with Crippen LogP contribution in [0, 0.1) is 22.6 Å². The minimum absolute atomic E-state index is 0.0492. The van der Waals surface area contributed by atoms with Crippen LogP contribution in [0.2, 0.25) is 0 Å². The lowest BCUT2D eigenvalue weighted by Crippen LogP contribution is -2.35. The second kappa shape index (κ2) is 6.91. The van der Waals surface area contributed by atoms with Gasteiger partial charge in [-0.15, -0.1) is 0 Å². The molecule has 0 fully saturated rings. The van der Waals surface area contributed by atoms with Gasteiger partial charge in [0.25, 0.3) is 0 Å². The van der Waals surface area contributed by atoms with Crippen molar-refractivity contribution in [2.24, 2.45) is 5.41 Å². The van der Waals surface area contributed by atoms with Crippen LogP contribution >= 0.6 is 0 Å². The maximum absolute atomic E-state index is 14.0. The van der Waals surface area contributed by atoms with Crippen molar-refractivity contribution in [3.05, 3.63) is 29.6 Å². The minimum Gasteiger partial charge on any atom is -0.490 e. The van der Waals surface area contributed by atoms with E-state index in [1.165, 1.54) is 6.07 Å². The number of halogens is 1. The van der Waals surface area contributed by atoms with Gasteiger partial charge in [0.2, 0.25) is 0 Å². The lowest BCUT2D eigenvalue weighted by molar-refractivity contribution is 0.251. The highest BCUT2D eigenvalue weighted by Gasteiger charge is 2.18. The Morgan fingerprint density at radius 2 is 1.90 bits per heavy atom. The molecule has 21 heavy (non-hydrogen) atoms. The second-order valence-electron chi connectivity index (χ2n) is 6.93. The van der Waals surface area contributed by atoms with E-state index in [0.717, 1.165) is 5.56 Å². The highest BCUT2D eigenvalue weighted by Crippen LogP contribution is 2.25. The van der Waals surface area contributed by atoms with Crippen LogP contribution in [0.5, 0.6) is 5.75 Å². The SMILES string of the molecule is CC(C)(C#N)CCOc1c(F)cccc1CNC(C)(C)C.